The summed E-state index contributed by atoms with van der Waals surface area (Å²) in [5.74, 6) is 1.03. The molecule has 1 aromatic rings. The van der Waals surface area contributed by atoms with Crippen molar-refractivity contribution in [2.75, 3.05) is 37.6 Å². The maximum absolute atomic E-state index is 5.00. The van der Waals surface area contributed by atoms with Crippen molar-refractivity contribution >= 4 is 23.7 Å². The summed E-state index contributed by atoms with van der Waals surface area (Å²) in [6.07, 6.45) is 3.17. The second-order valence-electron chi connectivity index (χ2n) is 3.48. The van der Waals surface area contributed by atoms with Crippen LogP contribution in [-0.4, -0.2) is 47.2 Å². The molecule has 0 aliphatic rings. The minimum atomic E-state index is 0.310. The van der Waals surface area contributed by atoms with Gasteiger partial charge in [0.1, 0.15) is 0 Å². The molecule has 1 heterocycles. The molecule has 2 N–H and O–H groups in total. The molecule has 0 radical (unpaired) electrons. The average molecular weight is 257 g/mol. The van der Waals surface area contributed by atoms with E-state index in [0.717, 1.165) is 13.0 Å². The fourth-order valence-corrected chi connectivity index (χ4v) is 1.50. The van der Waals surface area contributed by atoms with Crippen LogP contribution in [0, 0.1) is 0 Å². The predicted octanol–water partition coefficient (Wildman–Crippen LogP) is 1.48. The van der Waals surface area contributed by atoms with E-state index in [4.69, 9.17) is 4.74 Å². The molecule has 0 fully saturated rings. The summed E-state index contributed by atoms with van der Waals surface area (Å²) in [6, 6.07) is 0.310. The maximum Gasteiger partial charge on any atom is 0.322 e. The number of thioether (sulfide) groups is 1. The Kier molecular flexibility index (Phi) is 5.82. The monoisotopic (exact) mass is 257 g/mol. The molecule has 0 aliphatic heterocycles. The lowest BCUT2D eigenvalue weighted by Crippen LogP contribution is -2.12. The average Bonchev–Trinajstić information content (AvgIpc) is 2.37. The zero-order chi connectivity index (χ0) is 12.7. The lowest BCUT2D eigenvalue weighted by molar-refractivity contribution is 0.379. The van der Waals surface area contributed by atoms with Crippen LogP contribution in [0.3, 0.4) is 0 Å². The second-order valence-corrected chi connectivity index (χ2v) is 4.76. The van der Waals surface area contributed by atoms with E-state index in [9.17, 15) is 0 Å². The van der Waals surface area contributed by atoms with Crippen molar-refractivity contribution in [3.63, 3.8) is 0 Å². The number of nitrogens with zero attached hydrogens (tertiary/aromatic N) is 3. The summed E-state index contributed by atoms with van der Waals surface area (Å²) in [5.41, 5.74) is 0. The van der Waals surface area contributed by atoms with Gasteiger partial charge in [-0.25, -0.2) is 0 Å². The van der Waals surface area contributed by atoms with Crippen molar-refractivity contribution in [1.82, 2.24) is 15.0 Å². The molecule has 0 aliphatic carbocycles. The van der Waals surface area contributed by atoms with Gasteiger partial charge in [-0.1, -0.05) is 6.92 Å². The fraction of sp³-hybridized carbons (Fsp3) is 0.700. The third-order valence-electron chi connectivity index (χ3n) is 2.26. The van der Waals surface area contributed by atoms with Gasteiger partial charge in [0.05, 0.1) is 7.11 Å². The van der Waals surface area contributed by atoms with Crippen LogP contribution in [-0.2, 0) is 0 Å². The summed E-state index contributed by atoms with van der Waals surface area (Å²) in [6.45, 7) is 3.03. The highest BCUT2D eigenvalue weighted by molar-refractivity contribution is 7.99. The Labute approximate surface area is 106 Å². The van der Waals surface area contributed by atoms with Gasteiger partial charge in [-0.3, -0.25) is 0 Å². The first-order chi connectivity index (χ1) is 8.19. The van der Waals surface area contributed by atoms with E-state index < -0.39 is 0 Å². The first-order valence-electron chi connectivity index (χ1n) is 5.44. The van der Waals surface area contributed by atoms with Crippen LogP contribution < -0.4 is 15.4 Å². The molecule has 1 unspecified atom stereocenters. The highest BCUT2D eigenvalue weighted by Crippen LogP contribution is 2.12. The van der Waals surface area contributed by atoms with Gasteiger partial charge < -0.3 is 15.4 Å². The maximum atomic E-state index is 5.00. The Morgan fingerprint density at radius 1 is 1.29 bits per heavy atom. The predicted molar refractivity (Wildman–Crippen MR) is 72.0 cm³/mol. The zero-order valence-corrected chi connectivity index (χ0v) is 11.5. The topological polar surface area (TPSA) is 72.0 Å². The van der Waals surface area contributed by atoms with Crippen LogP contribution in [0.25, 0.3) is 0 Å². The standard InChI is InChI=1S/C10H19N5OS/c1-7(17-4)5-6-12-9-13-8(11-2)14-10(15-9)16-3/h7H,5-6H2,1-4H3,(H2,11,12,13,14,15). The lowest BCUT2D eigenvalue weighted by Gasteiger charge is -2.10. The second kappa shape index (κ2) is 7.16. The minimum absolute atomic E-state index is 0.310. The third kappa shape index (κ3) is 4.64. The number of anilines is 2. The van der Waals surface area contributed by atoms with Gasteiger partial charge in [0, 0.05) is 18.8 Å². The number of aromatic nitrogens is 3. The molecule has 0 spiro atoms. The molecule has 0 amide bonds. The van der Waals surface area contributed by atoms with Crippen LogP contribution in [0.4, 0.5) is 11.9 Å². The molecule has 96 valence electrons. The zero-order valence-electron chi connectivity index (χ0n) is 10.6. The first kappa shape index (κ1) is 13.8. The smallest absolute Gasteiger partial charge is 0.322 e. The fourth-order valence-electron chi connectivity index (χ4n) is 1.14. The number of ether oxygens (including phenoxy) is 1. The summed E-state index contributed by atoms with van der Waals surface area (Å²) >= 11 is 1.85. The first-order valence-corrected chi connectivity index (χ1v) is 6.73. The van der Waals surface area contributed by atoms with Crippen LogP contribution >= 0.6 is 11.8 Å². The minimum Gasteiger partial charge on any atom is -0.467 e. The van der Waals surface area contributed by atoms with Gasteiger partial charge in [-0.15, -0.1) is 0 Å². The summed E-state index contributed by atoms with van der Waals surface area (Å²) < 4.78 is 5.00. The van der Waals surface area contributed by atoms with E-state index >= 15 is 0 Å². The van der Waals surface area contributed by atoms with Gasteiger partial charge in [-0.05, 0) is 12.7 Å². The Hall–Kier alpha value is -1.24. The van der Waals surface area contributed by atoms with Gasteiger partial charge in [0.2, 0.25) is 11.9 Å². The van der Waals surface area contributed by atoms with Crippen molar-refractivity contribution in [2.24, 2.45) is 0 Å². The van der Waals surface area contributed by atoms with Gasteiger partial charge >= 0.3 is 6.01 Å². The normalized spacial score (nSPS) is 12.0. The van der Waals surface area contributed by atoms with Crippen molar-refractivity contribution in [3.05, 3.63) is 0 Å². The van der Waals surface area contributed by atoms with E-state index in [0.29, 0.717) is 23.2 Å². The van der Waals surface area contributed by atoms with Crippen molar-refractivity contribution in [1.29, 1.82) is 0 Å². The number of rotatable bonds is 7. The number of hydrogen-bond acceptors (Lipinski definition) is 7. The van der Waals surface area contributed by atoms with E-state index in [1.54, 1.807) is 7.05 Å². The Bertz CT molecular complexity index is 327. The van der Waals surface area contributed by atoms with Gasteiger partial charge in [0.25, 0.3) is 0 Å². The Morgan fingerprint density at radius 3 is 2.59 bits per heavy atom. The van der Waals surface area contributed by atoms with Crippen LogP contribution in [0.1, 0.15) is 13.3 Å². The molecule has 17 heavy (non-hydrogen) atoms. The molecule has 1 atom stereocenters. The summed E-state index contributed by atoms with van der Waals surface area (Å²) in [5, 5.41) is 6.65. The molecule has 0 saturated carbocycles. The summed E-state index contributed by atoms with van der Waals surface area (Å²) in [4.78, 5) is 12.3. The number of hydrogen-bond donors (Lipinski definition) is 2. The molecule has 1 aromatic heterocycles. The van der Waals surface area contributed by atoms with E-state index in [1.807, 2.05) is 11.8 Å². The van der Waals surface area contributed by atoms with Crippen LogP contribution in [0.15, 0.2) is 0 Å². The molecule has 0 bridgehead atoms. The van der Waals surface area contributed by atoms with Crippen molar-refractivity contribution in [3.8, 4) is 6.01 Å². The van der Waals surface area contributed by atoms with Crippen molar-refractivity contribution < 1.29 is 4.74 Å². The Balaban J connectivity index is 2.57. The van der Waals surface area contributed by atoms with Crippen LogP contribution in [0.2, 0.25) is 0 Å². The Morgan fingerprint density at radius 2 is 2.00 bits per heavy atom. The lowest BCUT2D eigenvalue weighted by atomic mass is 10.3. The highest BCUT2D eigenvalue weighted by Gasteiger charge is 2.05. The summed E-state index contributed by atoms with van der Waals surface area (Å²) in [7, 11) is 3.29. The number of methoxy groups -OCH3 is 1. The van der Waals surface area contributed by atoms with E-state index in [1.165, 1.54) is 7.11 Å². The van der Waals surface area contributed by atoms with Gasteiger partial charge in [0.15, 0.2) is 0 Å². The molecule has 6 nitrogen and oxygen atoms in total. The van der Waals surface area contributed by atoms with Gasteiger partial charge in [-0.2, -0.15) is 26.7 Å². The molecule has 1 rings (SSSR count). The molecule has 0 saturated heterocycles. The molecule has 0 aromatic carbocycles. The SMILES string of the molecule is CNc1nc(NCCC(C)SC)nc(OC)n1. The van der Waals surface area contributed by atoms with Crippen LogP contribution in [0.5, 0.6) is 6.01 Å². The molecular weight excluding hydrogens is 238 g/mol. The van der Waals surface area contributed by atoms with E-state index in [-0.39, 0.29) is 0 Å². The van der Waals surface area contributed by atoms with E-state index in [2.05, 4.69) is 38.8 Å². The molecular formula is C10H19N5OS. The highest BCUT2D eigenvalue weighted by atomic mass is 32.2. The largest absolute Gasteiger partial charge is 0.467 e. The molecule has 7 heteroatoms. The number of nitrogens with one attached hydrogen (secondary N) is 2. The third-order valence-corrected chi connectivity index (χ3v) is 3.30. The quantitative estimate of drug-likeness (QED) is 0.766. The van der Waals surface area contributed by atoms with Crippen molar-refractivity contribution in [2.45, 2.75) is 18.6 Å².